The molecule has 0 aromatic heterocycles. The van der Waals surface area contributed by atoms with Gasteiger partial charge in [0.05, 0.1) is 16.8 Å². The summed E-state index contributed by atoms with van der Waals surface area (Å²) in [7, 11) is 0. The van der Waals surface area contributed by atoms with Crippen LogP contribution in [0.4, 0.5) is 18.9 Å². The Bertz CT molecular complexity index is 563. The Morgan fingerprint density at radius 1 is 1.24 bits per heavy atom. The van der Waals surface area contributed by atoms with Crippen molar-refractivity contribution in [2.75, 3.05) is 12.3 Å². The number of alkyl halides is 3. The van der Waals surface area contributed by atoms with Crippen molar-refractivity contribution in [2.24, 2.45) is 5.92 Å². The topological polar surface area (TPSA) is 46.3 Å². The highest BCUT2D eigenvalue weighted by Gasteiger charge is 2.39. The van der Waals surface area contributed by atoms with E-state index in [1.807, 2.05) is 0 Å². The number of hydrogen-bond acceptors (Lipinski definition) is 2. The molecule has 114 valence electrons. The molecular weight excluding hydrogens is 281 g/mol. The van der Waals surface area contributed by atoms with Crippen molar-refractivity contribution in [1.29, 1.82) is 0 Å². The Morgan fingerprint density at radius 2 is 1.90 bits per heavy atom. The van der Waals surface area contributed by atoms with Crippen molar-refractivity contribution in [3.8, 4) is 0 Å². The van der Waals surface area contributed by atoms with Crippen LogP contribution in [0.5, 0.6) is 0 Å². The fraction of sp³-hybridized carbons (Fsp3) is 0.533. The number of nitrogens with two attached hydrogens (primary N) is 1. The monoisotopic (exact) mass is 298 g/mol. The smallest absolute Gasteiger partial charge is 0.398 e. The Balaban J connectivity index is 1.89. The summed E-state index contributed by atoms with van der Waals surface area (Å²) in [6, 6.07) is 3.71. The third-order valence-electron chi connectivity index (χ3n) is 4.04. The number of nitrogen functional groups attached to an aromatic ring is 1. The summed E-state index contributed by atoms with van der Waals surface area (Å²) in [4.78, 5) is 14.3. The summed E-state index contributed by atoms with van der Waals surface area (Å²) in [6.45, 7) is 0.638. The number of anilines is 1. The van der Waals surface area contributed by atoms with Gasteiger partial charge >= 0.3 is 6.18 Å². The second-order valence-electron chi connectivity index (χ2n) is 5.90. The SMILES string of the molecule is Nc1c(C(=O)N(CC2CC2)C2CC2)cccc1C(F)(F)F. The molecule has 0 spiro atoms. The van der Waals surface area contributed by atoms with Crippen molar-refractivity contribution >= 4 is 11.6 Å². The van der Waals surface area contributed by atoms with Gasteiger partial charge in [-0.1, -0.05) is 6.07 Å². The summed E-state index contributed by atoms with van der Waals surface area (Å²) in [5, 5.41) is 0. The van der Waals surface area contributed by atoms with Gasteiger partial charge in [-0.3, -0.25) is 4.79 Å². The summed E-state index contributed by atoms with van der Waals surface area (Å²) < 4.78 is 38.6. The first kappa shape index (κ1) is 14.2. The third kappa shape index (κ3) is 2.99. The van der Waals surface area contributed by atoms with Crippen molar-refractivity contribution in [1.82, 2.24) is 4.90 Å². The standard InChI is InChI=1S/C15H17F3N2O/c16-15(17,18)12-3-1-2-11(13(12)19)14(21)20(10-6-7-10)8-9-4-5-9/h1-3,9-10H,4-8,19H2. The molecule has 2 fully saturated rings. The number of carbonyl (C=O) groups is 1. The highest BCUT2D eigenvalue weighted by atomic mass is 19.4. The number of halogens is 3. The summed E-state index contributed by atoms with van der Waals surface area (Å²) >= 11 is 0. The van der Waals surface area contributed by atoms with Crippen LogP contribution in [0, 0.1) is 5.92 Å². The number of nitrogens with zero attached hydrogens (tertiary/aromatic N) is 1. The van der Waals surface area contributed by atoms with Crippen molar-refractivity contribution < 1.29 is 18.0 Å². The molecule has 1 aromatic rings. The molecule has 0 bridgehead atoms. The maximum atomic E-state index is 12.9. The quantitative estimate of drug-likeness (QED) is 0.867. The van der Waals surface area contributed by atoms with Gasteiger partial charge in [0.25, 0.3) is 5.91 Å². The number of rotatable bonds is 4. The molecule has 2 saturated carbocycles. The van der Waals surface area contributed by atoms with E-state index in [1.54, 1.807) is 4.90 Å². The van der Waals surface area contributed by atoms with Gasteiger partial charge in [-0.15, -0.1) is 0 Å². The van der Waals surface area contributed by atoms with Gasteiger partial charge in [-0.2, -0.15) is 13.2 Å². The molecule has 2 N–H and O–H groups in total. The minimum atomic E-state index is -4.54. The first-order valence-electron chi connectivity index (χ1n) is 7.14. The molecule has 3 nitrogen and oxygen atoms in total. The second kappa shape index (κ2) is 4.93. The van der Waals surface area contributed by atoms with E-state index in [0.29, 0.717) is 12.5 Å². The Labute approximate surface area is 120 Å². The van der Waals surface area contributed by atoms with Crippen molar-refractivity contribution in [2.45, 2.75) is 37.9 Å². The maximum absolute atomic E-state index is 12.9. The largest absolute Gasteiger partial charge is 0.418 e. The van der Waals surface area contributed by atoms with Gasteiger partial charge in [0.1, 0.15) is 0 Å². The van der Waals surface area contributed by atoms with E-state index in [2.05, 4.69) is 0 Å². The molecule has 0 saturated heterocycles. The highest BCUT2D eigenvalue weighted by Crippen LogP contribution is 2.38. The van der Waals surface area contributed by atoms with Crippen LogP contribution >= 0.6 is 0 Å². The summed E-state index contributed by atoms with van der Waals surface area (Å²) in [6.07, 6.45) is -0.501. The predicted octanol–water partition coefficient (Wildman–Crippen LogP) is 3.30. The Hall–Kier alpha value is -1.72. The van der Waals surface area contributed by atoms with E-state index in [9.17, 15) is 18.0 Å². The van der Waals surface area contributed by atoms with Crippen LogP contribution in [0.2, 0.25) is 0 Å². The lowest BCUT2D eigenvalue weighted by molar-refractivity contribution is -0.136. The van der Waals surface area contributed by atoms with Gasteiger partial charge < -0.3 is 10.6 Å². The molecule has 3 rings (SSSR count). The normalized spacial score (nSPS) is 18.6. The minimum Gasteiger partial charge on any atom is -0.398 e. The Kier molecular flexibility index (Phi) is 3.34. The zero-order chi connectivity index (χ0) is 15.2. The third-order valence-corrected chi connectivity index (χ3v) is 4.04. The lowest BCUT2D eigenvalue weighted by Gasteiger charge is -2.24. The highest BCUT2D eigenvalue weighted by molar-refractivity contribution is 6.00. The van der Waals surface area contributed by atoms with Crippen LogP contribution in [-0.2, 0) is 6.18 Å². The van der Waals surface area contributed by atoms with E-state index in [1.165, 1.54) is 12.1 Å². The summed E-state index contributed by atoms with van der Waals surface area (Å²) in [5.41, 5.74) is 4.18. The van der Waals surface area contributed by atoms with E-state index < -0.39 is 17.4 Å². The van der Waals surface area contributed by atoms with Crippen LogP contribution in [0.1, 0.15) is 41.6 Å². The van der Waals surface area contributed by atoms with E-state index >= 15 is 0 Å². The number of hydrogen-bond donors (Lipinski definition) is 1. The van der Waals surface area contributed by atoms with E-state index in [-0.39, 0.29) is 17.5 Å². The van der Waals surface area contributed by atoms with Crippen LogP contribution in [-0.4, -0.2) is 23.4 Å². The number of amides is 1. The molecular formula is C15H17F3N2O. The molecule has 0 aliphatic heterocycles. The van der Waals surface area contributed by atoms with E-state index in [0.717, 1.165) is 31.7 Å². The zero-order valence-corrected chi connectivity index (χ0v) is 11.5. The van der Waals surface area contributed by atoms with Crippen molar-refractivity contribution in [3.63, 3.8) is 0 Å². The van der Waals surface area contributed by atoms with Gasteiger partial charge in [0.2, 0.25) is 0 Å². The molecule has 21 heavy (non-hydrogen) atoms. The zero-order valence-electron chi connectivity index (χ0n) is 11.5. The average Bonchev–Trinajstić information content (AvgIpc) is 3.25. The lowest BCUT2D eigenvalue weighted by atomic mass is 10.1. The first-order valence-corrected chi connectivity index (χ1v) is 7.14. The molecule has 2 aliphatic carbocycles. The molecule has 1 aromatic carbocycles. The number of para-hydroxylation sites is 1. The van der Waals surface area contributed by atoms with Gasteiger partial charge in [0.15, 0.2) is 0 Å². The number of benzene rings is 1. The molecule has 0 unspecified atom stereocenters. The van der Waals surface area contributed by atoms with Gasteiger partial charge in [-0.25, -0.2) is 0 Å². The predicted molar refractivity (Wildman–Crippen MR) is 72.6 cm³/mol. The van der Waals surface area contributed by atoms with Crippen molar-refractivity contribution in [3.05, 3.63) is 29.3 Å². The maximum Gasteiger partial charge on any atom is 0.418 e. The minimum absolute atomic E-state index is 0.0302. The molecule has 1 amide bonds. The fourth-order valence-corrected chi connectivity index (χ4v) is 2.52. The number of carbonyl (C=O) groups excluding carboxylic acids is 1. The molecule has 0 atom stereocenters. The van der Waals surface area contributed by atoms with Crippen LogP contribution in [0.15, 0.2) is 18.2 Å². The first-order chi connectivity index (χ1) is 9.88. The molecule has 0 radical (unpaired) electrons. The average molecular weight is 298 g/mol. The van der Waals surface area contributed by atoms with Crippen LogP contribution in [0.3, 0.4) is 0 Å². The molecule has 0 heterocycles. The molecule has 2 aliphatic rings. The van der Waals surface area contributed by atoms with Crippen LogP contribution < -0.4 is 5.73 Å². The van der Waals surface area contributed by atoms with Crippen LogP contribution in [0.25, 0.3) is 0 Å². The Morgan fingerprint density at radius 3 is 2.43 bits per heavy atom. The second-order valence-corrected chi connectivity index (χ2v) is 5.90. The summed E-state index contributed by atoms with van der Waals surface area (Å²) in [5.74, 6) is 0.134. The van der Waals surface area contributed by atoms with Gasteiger partial charge in [0, 0.05) is 12.6 Å². The lowest BCUT2D eigenvalue weighted by Crippen LogP contribution is -2.35. The van der Waals surface area contributed by atoms with E-state index in [4.69, 9.17) is 5.73 Å². The fourth-order valence-electron chi connectivity index (χ4n) is 2.52. The van der Waals surface area contributed by atoms with Gasteiger partial charge in [-0.05, 0) is 43.7 Å². The molecule has 6 heteroatoms.